The van der Waals surface area contributed by atoms with Crippen molar-refractivity contribution < 1.29 is 4.39 Å². The summed E-state index contributed by atoms with van der Waals surface area (Å²) in [4.78, 5) is 2.45. The van der Waals surface area contributed by atoms with Gasteiger partial charge in [-0.15, -0.1) is 21.5 Å². The number of halogens is 1. The Morgan fingerprint density at radius 2 is 2.03 bits per heavy atom. The second-order valence-corrected chi connectivity index (χ2v) is 9.08. The first-order valence-corrected chi connectivity index (χ1v) is 10.9. The molecule has 0 radical (unpaired) electrons. The Morgan fingerprint density at radius 3 is 2.83 bits per heavy atom. The highest BCUT2D eigenvalue weighted by Crippen LogP contribution is 2.32. The van der Waals surface area contributed by atoms with Gasteiger partial charge in [-0.05, 0) is 38.5 Å². The van der Waals surface area contributed by atoms with Gasteiger partial charge < -0.3 is 9.88 Å². The Balaban J connectivity index is 1.45. The Hall–Kier alpha value is -2.84. The molecule has 0 unspecified atom stereocenters. The molecule has 1 N–H and O–H groups in total. The predicted molar refractivity (Wildman–Crippen MR) is 115 cm³/mol. The molecule has 0 amide bonds. The molecule has 6 nitrogen and oxygen atoms in total. The molecule has 0 saturated heterocycles. The first kappa shape index (κ1) is 19.1. The molecular formula is C22H23FN6S. The number of hydrogen-bond acceptors (Lipinski definition) is 5. The smallest absolute Gasteiger partial charge is 0.148 e. The zero-order valence-electron chi connectivity index (χ0n) is 17.0. The number of nitrogens with one attached hydrogen (secondary N) is 1. The van der Waals surface area contributed by atoms with E-state index in [-0.39, 0.29) is 5.82 Å². The minimum atomic E-state index is -0.289. The van der Waals surface area contributed by atoms with Gasteiger partial charge >= 0.3 is 0 Å². The molecule has 4 heterocycles. The van der Waals surface area contributed by atoms with Crippen LogP contribution in [0.25, 0.3) is 16.9 Å². The van der Waals surface area contributed by atoms with E-state index in [1.165, 1.54) is 15.8 Å². The summed E-state index contributed by atoms with van der Waals surface area (Å²) in [5.41, 5.74) is 3.47. The highest BCUT2D eigenvalue weighted by Gasteiger charge is 2.19. The molecule has 1 aromatic carbocycles. The molecule has 154 valence electrons. The van der Waals surface area contributed by atoms with Crippen LogP contribution in [0, 0.1) is 19.7 Å². The van der Waals surface area contributed by atoms with Gasteiger partial charge in [-0.1, -0.05) is 12.1 Å². The van der Waals surface area contributed by atoms with Crippen molar-refractivity contribution >= 4 is 11.3 Å². The second-order valence-electron chi connectivity index (χ2n) is 7.62. The van der Waals surface area contributed by atoms with Crippen LogP contribution in [0.4, 0.5) is 4.39 Å². The van der Waals surface area contributed by atoms with Gasteiger partial charge in [-0.3, -0.25) is 0 Å². The minimum Gasteiger partial charge on any atom is -0.314 e. The molecule has 0 atom stereocenters. The second kappa shape index (κ2) is 7.77. The molecule has 3 aromatic heterocycles. The zero-order chi connectivity index (χ0) is 20.7. The molecule has 0 aliphatic carbocycles. The maximum absolute atomic E-state index is 14.4. The molecule has 8 heteroatoms. The van der Waals surface area contributed by atoms with Crippen LogP contribution >= 0.6 is 11.3 Å². The van der Waals surface area contributed by atoms with Crippen molar-refractivity contribution in [2.75, 3.05) is 0 Å². The van der Waals surface area contributed by atoms with E-state index < -0.39 is 0 Å². The average molecular weight is 423 g/mol. The summed E-state index contributed by atoms with van der Waals surface area (Å²) >= 11 is 1.75. The number of rotatable bonds is 6. The number of nitrogens with zero attached hydrogens (tertiary/aromatic N) is 5. The first-order chi connectivity index (χ1) is 14.6. The molecule has 0 bridgehead atoms. The number of thiophene rings is 1. The van der Waals surface area contributed by atoms with Crippen LogP contribution in [0.3, 0.4) is 0 Å². The normalized spacial score (nSPS) is 13.2. The standard InChI is InChI=1S/C22H23FN6S/c1-14-10-17(15(2)30-14)22-16(13-29(27-22)19-7-4-3-6-18(19)23)11-24-12-21-26-25-20-8-5-9-28(20)21/h3-4,6-7,10,13,24H,5,8-9,11-12H2,1-2H3. The third-order valence-corrected chi connectivity index (χ3v) is 6.44. The van der Waals surface area contributed by atoms with E-state index in [1.807, 2.05) is 12.3 Å². The van der Waals surface area contributed by atoms with E-state index in [9.17, 15) is 4.39 Å². The summed E-state index contributed by atoms with van der Waals surface area (Å²) in [5.74, 6) is 1.75. The van der Waals surface area contributed by atoms with Gasteiger partial charge in [-0.2, -0.15) is 5.10 Å². The van der Waals surface area contributed by atoms with Crippen LogP contribution in [0.5, 0.6) is 0 Å². The lowest BCUT2D eigenvalue weighted by molar-refractivity contribution is 0.607. The number of benzene rings is 1. The van der Waals surface area contributed by atoms with E-state index in [0.717, 1.165) is 47.9 Å². The molecule has 0 saturated carbocycles. The molecule has 4 aromatic rings. The zero-order valence-corrected chi connectivity index (χ0v) is 17.8. The van der Waals surface area contributed by atoms with E-state index in [0.29, 0.717) is 18.8 Å². The first-order valence-electron chi connectivity index (χ1n) is 10.1. The van der Waals surface area contributed by atoms with E-state index in [1.54, 1.807) is 28.2 Å². The van der Waals surface area contributed by atoms with E-state index in [4.69, 9.17) is 5.10 Å². The summed E-state index contributed by atoms with van der Waals surface area (Å²) in [6.45, 7) is 6.44. The largest absolute Gasteiger partial charge is 0.314 e. The number of fused-ring (bicyclic) bond motifs is 1. The van der Waals surface area contributed by atoms with Crippen molar-refractivity contribution in [1.29, 1.82) is 0 Å². The monoisotopic (exact) mass is 422 g/mol. The molecule has 5 rings (SSSR count). The Bertz CT molecular complexity index is 1200. The molecule has 1 aliphatic rings. The maximum atomic E-state index is 14.4. The van der Waals surface area contributed by atoms with Gasteiger partial charge in [0.05, 0.1) is 12.2 Å². The average Bonchev–Trinajstić information content (AvgIpc) is 3.47. The van der Waals surface area contributed by atoms with Crippen LogP contribution in [0.2, 0.25) is 0 Å². The molecule has 0 fully saturated rings. The van der Waals surface area contributed by atoms with Gasteiger partial charge in [0.25, 0.3) is 0 Å². The van der Waals surface area contributed by atoms with Crippen LogP contribution in [0.15, 0.2) is 36.5 Å². The summed E-state index contributed by atoms with van der Waals surface area (Å²) < 4.78 is 18.2. The van der Waals surface area contributed by atoms with Gasteiger partial charge in [0.15, 0.2) is 0 Å². The van der Waals surface area contributed by atoms with E-state index >= 15 is 0 Å². The Morgan fingerprint density at radius 1 is 1.17 bits per heavy atom. The van der Waals surface area contributed by atoms with Gasteiger partial charge in [-0.25, -0.2) is 9.07 Å². The fraction of sp³-hybridized carbons (Fsp3) is 0.318. The van der Waals surface area contributed by atoms with Crippen molar-refractivity contribution in [2.24, 2.45) is 0 Å². The fourth-order valence-corrected chi connectivity index (χ4v) is 4.97. The van der Waals surface area contributed by atoms with Crippen molar-refractivity contribution in [2.45, 2.75) is 46.3 Å². The third kappa shape index (κ3) is 3.46. The van der Waals surface area contributed by atoms with Gasteiger partial charge in [0, 0.05) is 46.6 Å². The van der Waals surface area contributed by atoms with Crippen molar-refractivity contribution in [3.05, 3.63) is 69.3 Å². The van der Waals surface area contributed by atoms with Crippen molar-refractivity contribution in [3.8, 4) is 16.9 Å². The number of hydrogen-bond donors (Lipinski definition) is 1. The van der Waals surface area contributed by atoms with Gasteiger partial charge in [0.2, 0.25) is 0 Å². The van der Waals surface area contributed by atoms with Crippen molar-refractivity contribution in [3.63, 3.8) is 0 Å². The fourth-order valence-electron chi connectivity index (χ4n) is 4.04. The van der Waals surface area contributed by atoms with E-state index in [2.05, 4.69) is 40.0 Å². The highest BCUT2D eigenvalue weighted by atomic mass is 32.1. The lowest BCUT2D eigenvalue weighted by Gasteiger charge is -2.06. The quantitative estimate of drug-likeness (QED) is 0.506. The van der Waals surface area contributed by atoms with Crippen LogP contribution in [-0.4, -0.2) is 24.5 Å². The van der Waals surface area contributed by atoms with Crippen molar-refractivity contribution in [1.82, 2.24) is 29.9 Å². The molecule has 1 aliphatic heterocycles. The SMILES string of the molecule is Cc1cc(-c2nn(-c3ccccc3F)cc2CNCc2nnc3n2CCC3)c(C)s1. The molecular weight excluding hydrogens is 399 g/mol. The topological polar surface area (TPSA) is 60.6 Å². The summed E-state index contributed by atoms with van der Waals surface area (Å²) in [6, 6.07) is 8.87. The number of para-hydroxylation sites is 1. The lowest BCUT2D eigenvalue weighted by atomic mass is 10.1. The van der Waals surface area contributed by atoms with Gasteiger partial charge in [0.1, 0.15) is 23.2 Å². The highest BCUT2D eigenvalue weighted by molar-refractivity contribution is 7.12. The van der Waals surface area contributed by atoms with Crippen LogP contribution in [0.1, 0.15) is 33.4 Å². The van der Waals surface area contributed by atoms with Crippen LogP contribution in [-0.2, 0) is 26.1 Å². The number of aryl methyl sites for hydroxylation is 3. The predicted octanol–water partition coefficient (Wildman–Crippen LogP) is 4.18. The molecule has 30 heavy (non-hydrogen) atoms. The maximum Gasteiger partial charge on any atom is 0.148 e. The third-order valence-electron chi connectivity index (χ3n) is 5.47. The summed E-state index contributed by atoms with van der Waals surface area (Å²) in [5, 5.41) is 16.8. The summed E-state index contributed by atoms with van der Waals surface area (Å²) in [6.07, 6.45) is 4.05. The Labute approximate surface area is 178 Å². The minimum absolute atomic E-state index is 0.289. The molecule has 0 spiro atoms. The van der Waals surface area contributed by atoms with Crippen LogP contribution < -0.4 is 5.32 Å². The lowest BCUT2D eigenvalue weighted by Crippen LogP contribution is -2.16. The summed E-state index contributed by atoms with van der Waals surface area (Å²) in [7, 11) is 0. The Kier molecular flexibility index (Phi) is 4.96. The number of aromatic nitrogens is 5.